The maximum absolute atomic E-state index is 10.5. The Balaban J connectivity index is 2.20. The third-order valence-electron chi connectivity index (χ3n) is 2.59. The molecule has 0 bridgehead atoms. The van der Waals surface area contributed by atoms with Crippen LogP contribution in [0.5, 0.6) is 0 Å². The van der Waals surface area contributed by atoms with Crippen LogP contribution in [0.25, 0.3) is 0 Å². The summed E-state index contributed by atoms with van der Waals surface area (Å²) in [7, 11) is 0. The molecule has 1 heterocycles. The maximum atomic E-state index is 10.5. The number of benzene rings is 1. The molecule has 2 aromatic rings. The van der Waals surface area contributed by atoms with Gasteiger partial charge in [-0.1, -0.05) is 23.4 Å². The molecule has 1 aromatic carbocycles. The summed E-state index contributed by atoms with van der Waals surface area (Å²) in [5.74, 6) is 0. The lowest BCUT2D eigenvalue weighted by Crippen LogP contribution is -2.01. The molecular weight excluding hydrogens is 202 g/mol. The quantitative estimate of drug-likeness (QED) is 0.733. The number of carbonyl (C=O) groups excluding carboxylic acids is 1. The third kappa shape index (κ3) is 2.16. The molecular formula is C12H13N3O. The number of carbonyl (C=O) groups is 1. The van der Waals surface area contributed by atoms with Crippen LogP contribution in [-0.4, -0.2) is 21.3 Å². The maximum Gasteiger partial charge on any atom is 0.171 e. The fourth-order valence-electron chi connectivity index (χ4n) is 1.53. The summed E-state index contributed by atoms with van der Waals surface area (Å²) in [6, 6.07) is 6.27. The van der Waals surface area contributed by atoms with Gasteiger partial charge in [0.05, 0.1) is 12.7 Å². The van der Waals surface area contributed by atoms with Crippen LogP contribution in [0.15, 0.2) is 24.4 Å². The zero-order chi connectivity index (χ0) is 11.5. The average molecular weight is 215 g/mol. The fraction of sp³-hybridized carbons (Fsp3) is 0.250. The molecule has 4 heteroatoms. The number of hydrogen-bond donors (Lipinski definition) is 0. The van der Waals surface area contributed by atoms with Crippen molar-refractivity contribution < 1.29 is 4.79 Å². The molecule has 0 spiro atoms. The summed E-state index contributed by atoms with van der Waals surface area (Å²) >= 11 is 0. The molecule has 1 aromatic heterocycles. The molecule has 0 saturated heterocycles. The molecule has 0 aliphatic heterocycles. The Labute approximate surface area is 93.9 Å². The summed E-state index contributed by atoms with van der Waals surface area (Å²) in [5, 5.41) is 7.59. The minimum Gasteiger partial charge on any atom is -0.296 e. The molecule has 2 rings (SSSR count). The normalized spacial score (nSPS) is 10.4. The topological polar surface area (TPSA) is 47.8 Å². The molecule has 0 saturated carbocycles. The highest BCUT2D eigenvalue weighted by Gasteiger charge is 2.01. The minimum absolute atomic E-state index is 0.365. The highest BCUT2D eigenvalue weighted by atomic mass is 16.1. The lowest BCUT2D eigenvalue weighted by molar-refractivity contribution is 0.111. The standard InChI is InChI=1S/C12H13N3O/c1-9-3-4-11(5-10(9)2)6-15-7-12(8-16)13-14-15/h3-5,7-8H,6H2,1-2H3. The van der Waals surface area contributed by atoms with Crippen molar-refractivity contribution in [3.05, 3.63) is 46.8 Å². The summed E-state index contributed by atoms with van der Waals surface area (Å²) < 4.78 is 1.66. The smallest absolute Gasteiger partial charge is 0.171 e. The van der Waals surface area contributed by atoms with Gasteiger partial charge < -0.3 is 0 Å². The zero-order valence-electron chi connectivity index (χ0n) is 9.34. The first-order valence-electron chi connectivity index (χ1n) is 5.10. The van der Waals surface area contributed by atoms with Gasteiger partial charge in [0.2, 0.25) is 0 Å². The van der Waals surface area contributed by atoms with Crippen molar-refractivity contribution in [2.75, 3.05) is 0 Å². The Hall–Kier alpha value is -1.97. The Morgan fingerprint density at radius 2 is 2.12 bits per heavy atom. The SMILES string of the molecule is Cc1ccc(Cn2cc(C=O)nn2)cc1C. The molecule has 0 aliphatic rings. The number of aromatic nitrogens is 3. The van der Waals surface area contributed by atoms with Crippen molar-refractivity contribution in [3.8, 4) is 0 Å². The van der Waals surface area contributed by atoms with E-state index in [0.29, 0.717) is 18.5 Å². The lowest BCUT2D eigenvalue weighted by atomic mass is 10.1. The van der Waals surface area contributed by atoms with Crippen molar-refractivity contribution in [1.29, 1.82) is 0 Å². The van der Waals surface area contributed by atoms with Crippen LogP contribution in [0.1, 0.15) is 27.2 Å². The summed E-state index contributed by atoms with van der Waals surface area (Å²) in [6.07, 6.45) is 2.34. The van der Waals surface area contributed by atoms with Gasteiger partial charge in [0.1, 0.15) is 5.69 Å². The molecule has 0 aliphatic carbocycles. The Kier molecular flexibility index (Phi) is 2.81. The van der Waals surface area contributed by atoms with Gasteiger partial charge in [0, 0.05) is 0 Å². The monoisotopic (exact) mass is 215 g/mol. The van der Waals surface area contributed by atoms with Gasteiger partial charge in [-0.3, -0.25) is 4.79 Å². The molecule has 0 unspecified atom stereocenters. The van der Waals surface area contributed by atoms with Crippen molar-refractivity contribution in [1.82, 2.24) is 15.0 Å². The predicted octanol–water partition coefficient (Wildman–Crippen LogP) is 1.76. The van der Waals surface area contributed by atoms with E-state index < -0.39 is 0 Å². The third-order valence-corrected chi connectivity index (χ3v) is 2.59. The molecule has 4 nitrogen and oxygen atoms in total. The van der Waals surface area contributed by atoms with Crippen LogP contribution in [-0.2, 0) is 6.54 Å². The van der Waals surface area contributed by atoms with Crippen LogP contribution in [0.2, 0.25) is 0 Å². The molecule has 0 atom stereocenters. The van der Waals surface area contributed by atoms with E-state index in [1.54, 1.807) is 10.9 Å². The Morgan fingerprint density at radius 3 is 2.75 bits per heavy atom. The van der Waals surface area contributed by atoms with E-state index in [0.717, 1.165) is 5.56 Å². The summed E-state index contributed by atoms with van der Waals surface area (Å²) in [5.41, 5.74) is 4.05. The largest absolute Gasteiger partial charge is 0.296 e. The van der Waals surface area contributed by atoms with Gasteiger partial charge in [-0.15, -0.1) is 5.10 Å². The molecule has 16 heavy (non-hydrogen) atoms. The fourth-order valence-corrected chi connectivity index (χ4v) is 1.53. The first-order valence-corrected chi connectivity index (χ1v) is 5.10. The Morgan fingerprint density at radius 1 is 1.31 bits per heavy atom. The second-order valence-corrected chi connectivity index (χ2v) is 3.88. The predicted molar refractivity (Wildman–Crippen MR) is 60.4 cm³/mol. The van der Waals surface area contributed by atoms with E-state index >= 15 is 0 Å². The van der Waals surface area contributed by atoms with Crippen LogP contribution < -0.4 is 0 Å². The highest BCUT2D eigenvalue weighted by Crippen LogP contribution is 2.10. The lowest BCUT2D eigenvalue weighted by Gasteiger charge is -2.04. The number of aldehydes is 1. The van der Waals surface area contributed by atoms with Gasteiger partial charge in [0.25, 0.3) is 0 Å². The van der Waals surface area contributed by atoms with E-state index in [1.165, 1.54) is 11.1 Å². The first kappa shape index (κ1) is 10.5. The van der Waals surface area contributed by atoms with Crippen molar-refractivity contribution in [2.24, 2.45) is 0 Å². The van der Waals surface area contributed by atoms with Crippen molar-refractivity contribution in [2.45, 2.75) is 20.4 Å². The number of hydrogen-bond acceptors (Lipinski definition) is 3. The summed E-state index contributed by atoms with van der Waals surface area (Å²) in [4.78, 5) is 10.5. The highest BCUT2D eigenvalue weighted by molar-refractivity contribution is 5.70. The van der Waals surface area contributed by atoms with Gasteiger partial charge in [-0.25, -0.2) is 4.68 Å². The number of aryl methyl sites for hydroxylation is 2. The molecule has 0 fully saturated rings. The van der Waals surface area contributed by atoms with E-state index in [4.69, 9.17) is 0 Å². The molecule has 0 amide bonds. The van der Waals surface area contributed by atoms with Gasteiger partial charge >= 0.3 is 0 Å². The van der Waals surface area contributed by atoms with Gasteiger partial charge in [-0.2, -0.15) is 0 Å². The van der Waals surface area contributed by atoms with E-state index in [2.05, 4.69) is 42.4 Å². The van der Waals surface area contributed by atoms with Crippen LogP contribution in [0, 0.1) is 13.8 Å². The second kappa shape index (κ2) is 4.26. The van der Waals surface area contributed by atoms with Crippen LogP contribution >= 0.6 is 0 Å². The molecule has 82 valence electrons. The number of nitrogens with zero attached hydrogens (tertiary/aromatic N) is 3. The molecule has 0 radical (unpaired) electrons. The molecule has 0 N–H and O–H groups in total. The van der Waals surface area contributed by atoms with Crippen molar-refractivity contribution in [3.63, 3.8) is 0 Å². The average Bonchev–Trinajstić information content (AvgIpc) is 2.71. The van der Waals surface area contributed by atoms with Crippen molar-refractivity contribution >= 4 is 6.29 Å². The van der Waals surface area contributed by atoms with Gasteiger partial charge in [0.15, 0.2) is 6.29 Å². The minimum atomic E-state index is 0.365. The van der Waals surface area contributed by atoms with E-state index in [1.807, 2.05) is 0 Å². The van der Waals surface area contributed by atoms with E-state index in [-0.39, 0.29) is 0 Å². The second-order valence-electron chi connectivity index (χ2n) is 3.88. The Bertz CT molecular complexity index is 517. The van der Waals surface area contributed by atoms with Crippen LogP contribution in [0.3, 0.4) is 0 Å². The van der Waals surface area contributed by atoms with Crippen LogP contribution in [0.4, 0.5) is 0 Å². The number of rotatable bonds is 3. The first-order chi connectivity index (χ1) is 7.69. The summed E-state index contributed by atoms with van der Waals surface area (Å²) in [6.45, 7) is 4.80. The zero-order valence-corrected chi connectivity index (χ0v) is 9.34. The van der Waals surface area contributed by atoms with E-state index in [9.17, 15) is 4.79 Å². The van der Waals surface area contributed by atoms with Gasteiger partial charge in [-0.05, 0) is 30.5 Å².